The van der Waals surface area contributed by atoms with E-state index in [1.165, 1.54) is 5.56 Å². The summed E-state index contributed by atoms with van der Waals surface area (Å²) in [5, 5.41) is 0. The van der Waals surface area contributed by atoms with Crippen LogP contribution in [0.1, 0.15) is 17.2 Å². The molecule has 0 amide bonds. The molecule has 4 nitrogen and oxygen atoms in total. The highest BCUT2D eigenvalue weighted by atomic mass is 79.9. The number of nitrogens with two attached hydrogens (primary N) is 1. The Balaban J connectivity index is 2.16. The minimum atomic E-state index is 0.0236. The Bertz CT molecular complexity index is 444. The Labute approximate surface area is 102 Å². The van der Waals surface area contributed by atoms with E-state index in [9.17, 15) is 0 Å². The fourth-order valence-corrected chi connectivity index (χ4v) is 2.08. The number of hydrogen-bond acceptors (Lipinski definition) is 4. The van der Waals surface area contributed by atoms with Crippen LogP contribution in [0, 0.1) is 0 Å². The fourth-order valence-electron chi connectivity index (χ4n) is 1.57. The van der Waals surface area contributed by atoms with Gasteiger partial charge >= 0.3 is 0 Å². The van der Waals surface area contributed by atoms with Crippen LogP contribution < -0.4 is 11.3 Å². The first-order chi connectivity index (χ1) is 7.81. The lowest BCUT2D eigenvalue weighted by atomic mass is 10.0. The molecule has 0 fully saturated rings. The summed E-state index contributed by atoms with van der Waals surface area (Å²) < 4.78 is 5.91. The molecule has 0 saturated carbocycles. The third-order valence-corrected chi connectivity index (χ3v) is 3.06. The van der Waals surface area contributed by atoms with Crippen molar-refractivity contribution in [3.05, 3.63) is 52.7 Å². The minimum Gasteiger partial charge on any atom is -0.457 e. The Morgan fingerprint density at radius 3 is 2.69 bits per heavy atom. The summed E-state index contributed by atoms with van der Waals surface area (Å²) in [6.07, 6.45) is 5.97. The molecule has 2 rings (SSSR count). The standard InChI is InChI=1S/C11H12BrN3O/c12-11-9(3-6-16-11)10(15-13)7-8-1-4-14-5-2-8/h1-6,10,15H,7,13H2. The zero-order valence-corrected chi connectivity index (χ0v) is 10.1. The van der Waals surface area contributed by atoms with Crippen molar-refractivity contribution < 1.29 is 4.42 Å². The molecule has 1 atom stereocenters. The number of nitrogens with one attached hydrogen (secondary N) is 1. The first-order valence-electron chi connectivity index (χ1n) is 4.89. The zero-order valence-electron chi connectivity index (χ0n) is 8.56. The van der Waals surface area contributed by atoms with Crippen molar-refractivity contribution >= 4 is 15.9 Å². The smallest absolute Gasteiger partial charge is 0.173 e. The molecule has 0 aliphatic carbocycles. The van der Waals surface area contributed by atoms with Crippen LogP contribution in [0.25, 0.3) is 0 Å². The molecule has 0 aliphatic rings. The van der Waals surface area contributed by atoms with Gasteiger partial charge in [-0.2, -0.15) is 0 Å². The first-order valence-corrected chi connectivity index (χ1v) is 5.68. The molecule has 84 valence electrons. The molecule has 16 heavy (non-hydrogen) atoms. The van der Waals surface area contributed by atoms with Crippen LogP contribution in [0.5, 0.6) is 0 Å². The lowest BCUT2D eigenvalue weighted by Gasteiger charge is -2.14. The van der Waals surface area contributed by atoms with Crippen molar-refractivity contribution in [3.63, 3.8) is 0 Å². The summed E-state index contributed by atoms with van der Waals surface area (Å²) in [5.74, 6) is 5.55. The first kappa shape index (κ1) is 11.3. The van der Waals surface area contributed by atoms with Crippen molar-refractivity contribution in [1.29, 1.82) is 0 Å². The Hall–Kier alpha value is -1.17. The van der Waals surface area contributed by atoms with E-state index in [0.29, 0.717) is 4.67 Å². The van der Waals surface area contributed by atoms with E-state index < -0.39 is 0 Å². The maximum Gasteiger partial charge on any atom is 0.173 e. The molecule has 5 heteroatoms. The van der Waals surface area contributed by atoms with Crippen molar-refractivity contribution in [2.24, 2.45) is 5.84 Å². The topological polar surface area (TPSA) is 64.1 Å². The molecule has 0 aromatic carbocycles. The second kappa shape index (κ2) is 5.25. The predicted octanol–water partition coefficient (Wildman–Crippen LogP) is 2.18. The number of rotatable bonds is 4. The summed E-state index contributed by atoms with van der Waals surface area (Å²) in [4.78, 5) is 3.98. The highest BCUT2D eigenvalue weighted by molar-refractivity contribution is 9.10. The molecule has 2 aromatic rings. The monoisotopic (exact) mass is 281 g/mol. The van der Waals surface area contributed by atoms with E-state index in [2.05, 4.69) is 26.3 Å². The van der Waals surface area contributed by atoms with Gasteiger partial charge in [0.2, 0.25) is 0 Å². The van der Waals surface area contributed by atoms with E-state index in [0.717, 1.165) is 12.0 Å². The third kappa shape index (κ3) is 2.49. The summed E-state index contributed by atoms with van der Waals surface area (Å²) in [6, 6.07) is 5.86. The SMILES string of the molecule is NNC(Cc1ccncc1)c1ccoc1Br. The Kier molecular flexibility index (Phi) is 3.71. The lowest BCUT2D eigenvalue weighted by molar-refractivity contribution is 0.506. The second-order valence-electron chi connectivity index (χ2n) is 3.43. The molecule has 0 spiro atoms. The molecule has 2 heterocycles. The fraction of sp³-hybridized carbons (Fsp3) is 0.182. The van der Waals surface area contributed by atoms with Crippen LogP contribution in [0.2, 0.25) is 0 Å². The average Bonchev–Trinajstić information content (AvgIpc) is 2.74. The summed E-state index contributed by atoms with van der Waals surface area (Å²) in [6.45, 7) is 0. The number of halogens is 1. The van der Waals surface area contributed by atoms with E-state index >= 15 is 0 Å². The van der Waals surface area contributed by atoms with Crippen LogP contribution >= 0.6 is 15.9 Å². The lowest BCUT2D eigenvalue weighted by Crippen LogP contribution is -2.29. The van der Waals surface area contributed by atoms with Gasteiger partial charge in [-0.25, -0.2) is 0 Å². The molecule has 1 unspecified atom stereocenters. The maximum absolute atomic E-state index is 5.55. The average molecular weight is 282 g/mol. The third-order valence-electron chi connectivity index (χ3n) is 2.41. The summed E-state index contributed by atoms with van der Waals surface area (Å²) in [5.41, 5.74) is 4.97. The van der Waals surface area contributed by atoms with Gasteiger partial charge in [-0.05, 0) is 46.1 Å². The second-order valence-corrected chi connectivity index (χ2v) is 4.15. The van der Waals surface area contributed by atoms with Gasteiger partial charge in [0.05, 0.1) is 12.3 Å². The Morgan fingerprint density at radius 2 is 2.12 bits per heavy atom. The normalized spacial score (nSPS) is 12.6. The number of pyridine rings is 1. The van der Waals surface area contributed by atoms with Crippen LogP contribution in [0.4, 0.5) is 0 Å². The number of furan rings is 1. The van der Waals surface area contributed by atoms with E-state index in [1.807, 2.05) is 18.2 Å². The minimum absolute atomic E-state index is 0.0236. The Morgan fingerprint density at radius 1 is 1.38 bits per heavy atom. The van der Waals surface area contributed by atoms with Crippen LogP contribution in [-0.2, 0) is 6.42 Å². The molecule has 0 saturated heterocycles. The van der Waals surface area contributed by atoms with Crippen molar-refractivity contribution in [1.82, 2.24) is 10.4 Å². The maximum atomic E-state index is 5.55. The molecule has 0 bridgehead atoms. The van der Waals surface area contributed by atoms with Gasteiger partial charge in [0, 0.05) is 18.0 Å². The number of aromatic nitrogens is 1. The largest absolute Gasteiger partial charge is 0.457 e. The molecule has 0 radical (unpaired) electrons. The van der Waals surface area contributed by atoms with Gasteiger partial charge in [0.25, 0.3) is 0 Å². The molecule has 3 N–H and O–H groups in total. The summed E-state index contributed by atoms with van der Waals surface area (Å²) >= 11 is 3.35. The zero-order chi connectivity index (χ0) is 11.4. The van der Waals surface area contributed by atoms with Gasteiger partial charge in [-0.15, -0.1) is 0 Å². The van der Waals surface area contributed by atoms with Gasteiger partial charge in [0.15, 0.2) is 4.67 Å². The van der Waals surface area contributed by atoms with Gasteiger partial charge < -0.3 is 4.42 Å². The molecule has 0 aliphatic heterocycles. The molecular weight excluding hydrogens is 270 g/mol. The number of nitrogens with zero attached hydrogens (tertiary/aromatic N) is 1. The van der Waals surface area contributed by atoms with E-state index in [1.54, 1.807) is 18.7 Å². The van der Waals surface area contributed by atoms with E-state index in [-0.39, 0.29) is 6.04 Å². The number of hydrazine groups is 1. The molecular formula is C11H12BrN3O. The summed E-state index contributed by atoms with van der Waals surface area (Å²) in [7, 11) is 0. The highest BCUT2D eigenvalue weighted by Gasteiger charge is 2.15. The quantitative estimate of drug-likeness (QED) is 0.666. The van der Waals surface area contributed by atoms with Crippen molar-refractivity contribution in [2.75, 3.05) is 0 Å². The molecule has 2 aromatic heterocycles. The van der Waals surface area contributed by atoms with E-state index in [4.69, 9.17) is 10.3 Å². The van der Waals surface area contributed by atoms with Gasteiger partial charge in [0.1, 0.15) is 0 Å². The van der Waals surface area contributed by atoms with Gasteiger partial charge in [-0.3, -0.25) is 16.3 Å². The van der Waals surface area contributed by atoms with Crippen molar-refractivity contribution in [3.8, 4) is 0 Å². The van der Waals surface area contributed by atoms with Gasteiger partial charge in [-0.1, -0.05) is 0 Å². The van der Waals surface area contributed by atoms with Crippen LogP contribution in [0.15, 0.2) is 45.9 Å². The number of hydrogen-bond donors (Lipinski definition) is 2. The highest BCUT2D eigenvalue weighted by Crippen LogP contribution is 2.26. The van der Waals surface area contributed by atoms with Crippen molar-refractivity contribution in [2.45, 2.75) is 12.5 Å². The van der Waals surface area contributed by atoms with Crippen LogP contribution in [-0.4, -0.2) is 4.98 Å². The predicted molar refractivity (Wildman–Crippen MR) is 64.4 cm³/mol. The van der Waals surface area contributed by atoms with Crippen LogP contribution in [0.3, 0.4) is 0 Å².